The zero-order chi connectivity index (χ0) is 16.4. The highest BCUT2D eigenvalue weighted by Crippen LogP contribution is 2.31. The Balaban J connectivity index is 1.63. The summed E-state index contributed by atoms with van der Waals surface area (Å²) in [5.74, 6) is -1.11. The summed E-state index contributed by atoms with van der Waals surface area (Å²) >= 11 is 1.14. The molecule has 4 nitrogen and oxygen atoms in total. The van der Waals surface area contributed by atoms with Crippen LogP contribution in [0.15, 0.2) is 12.1 Å². The van der Waals surface area contributed by atoms with Crippen molar-refractivity contribution in [1.82, 2.24) is 9.88 Å². The molecule has 0 radical (unpaired) electrons. The number of rotatable bonds is 4. The van der Waals surface area contributed by atoms with Crippen LogP contribution in [0.2, 0.25) is 0 Å². The van der Waals surface area contributed by atoms with Gasteiger partial charge in [0.15, 0.2) is 5.82 Å². The first-order valence-corrected chi connectivity index (χ1v) is 8.58. The Kier molecular flexibility index (Phi) is 4.75. The molecule has 0 bridgehead atoms. The minimum atomic E-state index is -0.675. The third kappa shape index (κ3) is 3.60. The summed E-state index contributed by atoms with van der Waals surface area (Å²) in [5.41, 5.74) is 0.141. The van der Waals surface area contributed by atoms with Crippen molar-refractivity contribution in [2.45, 2.75) is 38.7 Å². The molecule has 1 aliphatic rings. The number of halogens is 2. The Hall–Kier alpha value is -1.76. The van der Waals surface area contributed by atoms with E-state index in [4.69, 9.17) is 4.74 Å². The van der Waals surface area contributed by atoms with Crippen molar-refractivity contribution in [3.63, 3.8) is 0 Å². The second kappa shape index (κ2) is 6.78. The van der Waals surface area contributed by atoms with Crippen molar-refractivity contribution in [2.24, 2.45) is 0 Å². The zero-order valence-electron chi connectivity index (χ0n) is 12.8. The van der Waals surface area contributed by atoms with Gasteiger partial charge in [0.1, 0.15) is 17.4 Å². The van der Waals surface area contributed by atoms with E-state index in [9.17, 15) is 13.6 Å². The SMILES string of the molecule is CCCC(=O)N1CCC(Oc2nc3c(F)cc(F)cc3s2)CC1. The Labute approximate surface area is 137 Å². The zero-order valence-corrected chi connectivity index (χ0v) is 13.7. The van der Waals surface area contributed by atoms with Crippen LogP contribution < -0.4 is 4.74 Å². The molecule has 1 fully saturated rings. The van der Waals surface area contributed by atoms with Crippen LogP contribution in [-0.2, 0) is 4.79 Å². The van der Waals surface area contributed by atoms with E-state index in [2.05, 4.69) is 4.98 Å². The van der Waals surface area contributed by atoms with E-state index in [1.165, 1.54) is 6.07 Å². The summed E-state index contributed by atoms with van der Waals surface area (Å²) in [6, 6.07) is 2.08. The smallest absolute Gasteiger partial charge is 0.274 e. The maximum absolute atomic E-state index is 13.7. The molecule has 0 aliphatic carbocycles. The van der Waals surface area contributed by atoms with Crippen molar-refractivity contribution in [3.05, 3.63) is 23.8 Å². The average Bonchev–Trinajstić information content (AvgIpc) is 2.91. The van der Waals surface area contributed by atoms with Crippen molar-refractivity contribution in [3.8, 4) is 5.19 Å². The van der Waals surface area contributed by atoms with E-state index in [-0.39, 0.29) is 17.5 Å². The molecule has 1 aromatic carbocycles. The van der Waals surface area contributed by atoms with Crippen LogP contribution in [0.5, 0.6) is 5.19 Å². The number of piperidine rings is 1. The summed E-state index contributed by atoms with van der Waals surface area (Å²) < 4.78 is 33.1. The van der Waals surface area contributed by atoms with E-state index in [1.54, 1.807) is 0 Å². The number of thiazole rings is 1. The molecular formula is C16H18F2N2O2S. The summed E-state index contributed by atoms with van der Waals surface area (Å²) in [6.07, 6.45) is 2.83. The lowest BCUT2D eigenvalue weighted by Crippen LogP contribution is -2.41. The van der Waals surface area contributed by atoms with Gasteiger partial charge >= 0.3 is 0 Å². The molecule has 0 spiro atoms. The van der Waals surface area contributed by atoms with Gasteiger partial charge in [-0.15, -0.1) is 0 Å². The highest BCUT2D eigenvalue weighted by atomic mass is 32.1. The number of hydrogen-bond acceptors (Lipinski definition) is 4. The lowest BCUT2D eigenvalue weighted by Gasteiger charge is -2.31. The highest BCUT2D eigenvalue weighted by Gasteiger charge is 2.24. The van der Waals surface area contributed by atoms with Gasteiger partial charge in [0.2, 0.25) is 5.91 Å². The number of benzene rings is 1. The highest BCUT2D eigenvalue weighted by molar-refractivity contribution is 7.20. The number of amides is 1. The maximum atomic E-state index is 13.7. The number of carbonyl (C=O) groups excluding carboxylic acids is 1. The molecule has 3 rings (SSSR count). The van der Waals surface area contributed by atoms with E-state index in [1.807, 2.05) is 11.8 Å². The fraction of sp³-hybridized carbons (Fsp3) is 0.500. The first-order chi connectivity index (χ1) is 11.1. The maximum Gasteiger partial charge on any atom is 0.274 e. The largest absolute Gasteiger partial charge is 0.467 e. The van der Waals surface area contributed by atoms with E-state index >= 15 is 0 Å². The molecule has 1 amide bonds. The Morgan fingerprint density at radius 3 is 2.83 bits per heavy atom. The fourth-order valence-electron chi connectivity index (χ4n) is 2.72. The van der Waals surface area contributed by atoms with Gasteiger partial charge in [-0.25, -0.2) is 8.78 Å². The number of fused-ring (bicyclic) bond motifs is 1. The van der Waals surface area contributed by atoms with Gasteiger partial charge in [-0.2, -0.15) is 4.98 Å². The fourth-order valence-corrected chi connectivity index (χ4v) is 3.65. The molecule has 1 saturated heterocycles. The van der Waals surface area contributed by atoms with Crippen molar-refractivity contribution in [1.29, 1.82) is 0 Å². The van der Waals surface area contributed by atoms with Crippen LogP contribution in [0, 0.1) is 11.6 Å². The molecule has 7 heteroatoms. The minimum Gasteiger partial charge on any atom is -0.467 e. The molecule has 0 unspecified atom stereocenters. The molecular weight excluding hydrogens is 322 g/mol. The van der Waals surface area contributed by atoms with Gasteiger partial charge in [-0.1, -0.05) is 18.3 Å². The number of likely N-dealkylation sites (tertiary alicyclic amines) is 1. The van der Waals surface area contributed by atoms with Crippen molar-refractivity contribution in [2.75, 3.05) is 13.1 Å². The molecule has 0 N–H and O–H groups in total. The van der Waals surface area contributed by atoms with Crippen LogP contribution in [0.3, 0.4) is 0 Å². The second-order valence-electron chi connectivity index (χ2n) is 5.66. The molecule has 0 atom stereocenters. The lowest BCUT2D eigenvalue weighted by molar-refractivity contribution is -0.133. The number of hydrogen-bond donors (Lipinski definition) is 0. The summed E-state index contributed by atoms with van der Waals surface area (Å²) in [7, 11) is 0. The van der Waals surface area contributed by atoms with Crippen LogP contribution >= 0.6 is 11.3 Å². The van der Waals surface area contributed by atoms with Crippen LogP contribution in [0.25, 0.3) is 10.2 Å². The van der Waals surface area contributed by atoms with Gasteiger partial charge in [-0.05, 0) is 12.5 Å². The topological polar surface area (TPSA) is 42.4 Å². The first kappa shape index (κ1) is 16.1. The van der Waals surface area contributed by atoms with E-state index in [0.717, 1.165) is 36.7 Å². The third-order valence-corrected chi connectivity index (χ3v) is 4.81. The van der Waals surface area contributed by atoms with Crippen molar-refractivity contribution < 1.29 is 18.3 Å². The molecule has 1 aromatic heterocycles. The molecule has 2 aromatic rings. The predicted octanol–water partition coefficient (Wildman–Crippen LogP) is 3.74. The third-order valence-electron chi connectivity index (χ3n) is 3.92. The summed E-state index contributed by atoms with van der Waals surface area (Å²) in [5, 5.41) is 0.350. The summed E-state index contributed by atoms with van der Waals surface area (Å²) in [6.45, 7) is 3.32. The standard InChI is InChI=1S/C16H18F2N2O2S/c1-2-3-14(21)20-6-4-11(5-7-20)22-16-19-15-12(18)8-10(17)9-13(15)23-16/h8-9,11H,2-7H2,1H3. The Morgan fingerprint density at radius 2 is 2.13 bits per heavy atom. The lowest BCUT2D eigenvalue weighted by atomic mass is 10.1. The molecule has 1 aliphatic heterocycles. The van der Waals surface area contributed by atoms with Gasteiger partial charge in [0.05, 0.1) is 4.70 Å². The number of aromatic nitrogens is 1. The van der Waals surface area contributed by atoms with E-state index < -0.39 is 11.6 Å². The Bertz CT molecular complexity index is 711. The van der Waals surface area contributed by atoms with Crippen LogP contribution in [-0.4, -0.2) is 35.0 Å². The normalized spacial score (nSPS) is 16.0. The van der Waals surface area contributed by atoms with Gasteiger partial charge < -0.3 is 9.64 Å². The quantitative estimate of drug-likeness (QED) is 0.851. The average molecular weight is 340 g/mol. The van der Waals surface area contributed by atoms with Gasteiger partial charge in [0.25, 0.3) is 5.19 Å². The van der Waals surface area contributed by atoms with E-state index in [0.29, 0.717) is 29.4 Å². The minimum absolute atomic E-state index is 0.0471. The van der Waals surface area contributed by atoms with Crippen molar-refractivity contribution >= 4 is 27.5 Å². The van der Waals surface area contributed by atoms with Gasteiger partial charge in [0, 0.05) is 38.4 Å². The first-order valence-electron chi connectivity index (χ1n) is 7.77. The molecule has 2 heterocycles. The van der Waals surface area contributed by atoms with Gasteiger partial charge in [-0.3, -0.25) is 4.79 Å². The monoisotopic (exact) mass is 340 g/mol. The number of nitrogens with zero attached hydrogens (tertiary/aromatic N) is 2. The Morgan fingerprint density at radius 1 is 1.39 bits per heavy atom. The number of ether oxygens (including phenoxy) is 1. The number of carbonyl (C=O) groups is 1. The molecule has 0 saturated carbocycles. The molecule has 23 heavy (non-hydrogen) atoms. The summed E-state index contributed by atoms with van der Waals surface area (Å²) in [4.78, 5) is 17.8. The van der Waals surface area contributed by atoms with Crippen LogP contribution in [0.4, 0.5) is 8.78 Å². The predicted molar refractivity (Wildman–Crippen MR) is 84.7 cm³/mol. The van der Waals surface area contributed by atoms with Crippen LogP contribution in [0.1, 0.15) is 32.6 Å². The second-order valence-corrected chi connectivity index (χ2v) is 6.66. The molecule has 124 valence electrons.